The largest absolute Gasteiger partial charge is 0.383 e. The van der Waals surface area contributed by atoms with Crippen LogP contribution in [0.1, 0.15) is 42.8 Å². The molecule has 2 rings (SSSR count). The van der Waals surface area contributed by atoms with Crippen LogP contribution in [0.15, 0.2) is 0 Å². The van der Waals surface area contributed by atoms with E-state index in [1.54, 1.807) is 0 Å². The Hall–Kier alpha value is -1.12. The molecule has 3 nitrogen and oxygen atoms in total. The molecule has 0 atom stereocenters. The van der Waals surface area contributed by atoms with Crippen LogP contribution in [0.5, 0.6) is 0 Å². The molecule has 1 heterocycles. The van der Waals surface area contributed by atoms with Crippen LogP contribution in [0.25, 0.3) is 0 Å². The van der Waals surface area contributed by atoms with Crippen molar-refractivity contribution in [3.8, 4) is 0 Å². The van der Waals surface area contributed by atoms with Gasteiger partial charge in [0, 0.05) is 17.9 Å². The Kier molecular flexibility index (Phi) is 1.94. The molecule has 13 heavy (non-hydrogen) atoms. The van der Waals surface area contributed by atoms with Gasteiger partial charge in [0.1, 0.15) is 11.6 Å². The number of nitrogens with two attached hydrogens (primary N) is 1. The number of rotatable bonds is 2. The van der Waals surface area contributed by atoms with Crippen LogP contribution in [0.3, 0.4) is 0 Å². The van der Waals surface area contributed by atoms with Gasteiger partial charge < -0.3 is 5.73 Å². The number of hydrogen-bond donors (Lipinski definition) is 1. The van der Waals surface area contributed by atoms with Gasteiger partial charge in [0.25, 0.3) is 0 Å². The molecule has 70 valence electrons. The maximum atomic E-state index is 5.81. The molecular formula is C10H15N3. The Bertz CT molecular complexity index is 329. The van der Waals surface area contributed by atoms with Crippen molar-refractivity contribution in [3.63, 3.8) is 0 Å². The summed E-state index contributed by atoms with van der Waals surface area (Å²) >= 11 is 0. The molecular weight excluding hydrogens is 162 g/mol. The van der Waals surface area contributed by atoms with Crippen molar-refractivity contribution in [2.24, 2.45) is 0 Å². The summed E-state index contributed by atoms with van der Waals surface area (Å²) in [6.45, 7) is 4.07. The quantitative estimate of drug-likeness (QED) is 0.749. The molecule has 1 saturated carbocycles. The van der Waals surface area contributed by atoms with Gasteiger partial charge in [-0.25, -0.2) is 9.97 Å². The van der Waals surface area contributed by atoms with Gasteiger partial charge in [0.2, 0.25) is 0 Å². The Balaban J connectivity index is 2.46. The third-order valence-corrected chi connectivity index (χ3v) is 2.55. The minimum atomic E-state index is 0.661. The fraction of sp³-hybridized carbons (Fsp3) is 0.600. The standard InChI is InChI=1S/C10H15N3/c1-3-8-12-9(7-4-5-7)6(2)10(11)13-8/h7H,3-5H2,1-2H3,(H2,11,12,13). The van der Waals surface area contributed by atoms with Crippen molar-refractivity contribution in [3.05, 3.63) is 17.1 Å². The van der Waals surface area contributed by atoms with E-state index in [2.05, 4.69) is 16.9 Å². The Morgan fingerprint density at radius 2 is 2.08 bits per heavy atom. The summed E-state index contributed by atoms with van der Waals surface area (Å²) in [4.78, 5) is 8.75. The zero-order valence-electron chi connectivity index (χ0n) is 8.17. The third-order valence-electron chi connectivity index (χ3n) is 2.55. The van der Waals surface area contributed by atoms with Gasteiger partial charge in [0.15, 0.2) is 0 Å². The first kappa shape index (κ1) is 8.48. The summed E-state index contributed by atoms with van der Waals surface area (Å²) in [5.74, 6) is 2.20. The first-order valence-corrected chi connectivity index (χ1v) is 4.85. The van der Waals surface area contributed by atoms with Crippen molar-refractivity contribution < 1.29 is 0 Å². The lowest BCUT2D eigenvalue weighted by Crippen LogP contribution is -2.05. The van der Waals surface area contributed by atoms with E-state index in [9.17, 15) is 0 Å². The van der Waals surface area contributed by atoms with Crippen LogP contribution in [0.4, 0.5) is 5.82 Å². The maximum Gasteiger partial charge on any atom is 0.130 e. The van der Waals surface area contributed by atoms with E-state index < -0.39 is 0 Å². The molecule has 1 aliphatic carbocycles. The average molecular weight is 177 g/mol. The summed E-state index contributed by atoms with van der Waals surface area (Å²) in [5.41, 5.74) is 8.08. The lowest BCUT2D eigenvalue weighted by Gasteiger charge is -2.07. The zero-order valence-corrected chi connectivity index (χ0v) is 8.17. The monoisotopic (exact) mass is 177 g/mol. The second kappa shape index (κ2) is 2.98. The molecule has 0 aromatic carbocycles. The van der Waals surface area contributed by atoms with Crippen molar-refractivity contribution in [2.45, 2.75) is 39.0 Å². The van der Waals surface area contributed by atoms with E-state index >= 15 is 0 Å². The molecule has 1 fully saturated rings. The molecule has 0 radical (unpaired) electrons. The summed E-state index contributed by atoms with van der Waals surface area (Å²) in [5, 5.41) is 0. The van der Waals surface area contributed by atoms with Crippen LogP contribution < -0.4 is 5.73 Å². The number of anilines is 1. The van der Waals surface area contributed by atoms with Gasteiger partial charge in [-0.3, -0.25) is 0 Å². The second-order valence-electron chi connectivity index (χ2n) is 3.66. The molecule has 0 bridgehead atoms. The summed E-state index contributed by atoms with van der Waals surface area (Å²) in [6.07, 6.45) is 3.39. The predicted molar refractivity (Wildman–Crippen MR) is 52.5 cm³/mol. The SMILES string of the molecule is CCc1nc(N)c(C)c(C2CC2)n1. The first-order valence-electron chi connectivity index (χ1n) is 4.85. The Morgan fingerprint density at radius 3 is 2.62 bits per heavy atom. The highest BCUT2D eigenvalue weighted by atomic mass is 15.0. The van der Waals surface area contributed by atoms with Crippen LogP contribution in [0.2, 0.25) is 0 Å². The van der Waals surface area contributed by atoms with Crippen molar-refractivity contribution in [1.82, 2.24) is 9.97 Å². The smallest absolute Gasteiger partial charge is 0.130 e. The van der Waals surface area contributed by atoms with Crippen molar-refractivity contribution in [1.29, 1.82) is 0 Å². The Morgan fingerprint density at radius 1 is 1.38 bits per heavy atom. The van der Waals surface area contributed by atoms with Gasteiger partial charge >= 0.3 is 0 Å². The van der Waals surface area contributed by atoms with E-state index in [4.69, 9.17) is 5.73 Å². The number of nitrogens with zero attached hydrogens (tertiary/aromatic N) is 2. The highest BCUT2D eigenvalue weighted by Crippen LogP contribution is 2.41. The highest BCUT2D eigenvalue weighted by Gasteiger charge is 2.27. The Labute approximate surface area is 78.4 Å². The van der Waals surface area contributed by atoms with E-state index in [1.165, 1.54) is 18.5 Å². The van der Waals surface area contributed by atoms with Crippen LogP contribution >= 0.6 is 0 Å². The van der Waals surface area contributed by atoms with Crippen LogP contribution in [-0.4, -0.2) is 9.97 Å². The molecule has 0 aliphatic heterocycles. The number of aryl methyl sites for hydroxylation is 1. The van der Waals surface area contributed by atoms with Gasteiger partial charge in [-0.15, -0.1) is 0 Å². The number of hydrogen-bond acceptors (Lipinski definition) is 3. The normalized spacial score (nSPS) is 16.2. The average Bonchev–Trinajstić information content (AvgIpc) is 2.92. The lowest BCUT2D eigenvalue weighted by atomic mass is 10.1. The van der Waals surface area contributed by atoms with E-state index in [-0.39, 0.29) is 0 Å². The maximum absolute atomic E-state index is 5.81. The van der Waals surface area contributed by atoms with Gasteiger partial charge in [0.05, 0.1) is 5.69 Å². The number of nitrogen functional groups attached to an aromatic ring is 1. The first-order chi connectivity index (χ1) is 6.22. The van der Waals surface area contributed by atoms with E-state index in [1.807, 2.05) is 6.92 Å². The summed E-state index contributed by atoms with van der Waals surface area (Å²) in [7, 11) is 0. The van der Waals surface area contributed by atoms with Gasteiger partial charge in [-0.2, -0.15) is 0 Å². The molecule has 0 spiro atoms. The fourth-order valence-electron chi connectivity index (χ4n) is 1.51. The minimum Gasteiger partial charge on any atom is -0.383 e. The third kappa shape index (κ3) is 1.50. The summed E-state index contributed by atoms with van der Waals surface area (Å²) in [6, 6.07) is 0. The van der Waals surface area contributed by atoms with Crippen LogP contribution in [-0.2, 0) is 6.42 Å². The molecule has 0 saturated heterocycles. The molecule has 1 aromatic heterocycles. The minimum absolute atomic E-state index is 0.661. The van der Waals surface area contributed by atoms with Gasteiger partial charge in [-0.05, 0) is 19.8 Å². The summed E-state index contributed by atoms with van der Waals surface area (Å²) < 4.78 is 0. The molecule has 1 aliphatic rings. The van der Waals surface area contributed by atoms with E-state index in [0.717, 1.165) is 17.8 Å². The molecule has 1 aromatic rings. The van der Waals surface area contributed by atoms with Crippen LogP contribution in [0, 0.1) is 6.92 Å². The predicted octanol–water partition coefficient (Wildman–Crippen LogP) is 1.81. The highest BCUT2D eigenvalue weighted by molar-refractivity contribution is 5.43. The topological polar surface area (TPSA) is 51.8 Å². The molecule has 0 amide bonds. The zero-order chi connectivity index (χ0) is 9.42. The lowest BCUT2D eigenvalue weighted by molar-refractivity contribution is 0.873. The molecule has 2 N–H and O–H groups in total. The van der Waals surface area contributed by atoms with E-state index in [0.29, 0.717) is 11.7 Å². The second-order valence-corrected chi connectivity index (χ2v) is 3.66. The van der Waals surface area contributed by atoms with Gasteiger partial charge in [-0.1, -0.05) is 6.92 Å². The fourth-order valence-corrected chi connectivity index (χ4v) is 1.51. The van der Waals surface area contributed by atoms with Crippen molar-refractivity contribution in [2.75, 3.05) is 5.73 Å². The molecule has 0 unspecified atom stereocenters. The van der Waals surface area contributed by atoms with Crippen molar-refractivity contribution >= 4 is 5.82 Å². The molecule has 3 heteroatoms. The number of aromatic nitrogens is 2.